The predicted molar refractivity (Wildman–Crippen MR) is 64.1 cm³/mol. The Balaban J connectivity index is 3.85. The lowest BCUT2D eigenvalue weighted by atomic mass is 10.1. The smallest absolute Gasteiger partial charge is 0.324 e. The molecule has 5 nitrogen and oxygen atoms in total. The third-order valence-corrected chi connectivity index (χ3v) is 3.35. The van der Waals surface area contributed by atoms with Crippen LogP contribution >= 0.6 is 11.8 Å². The molecule has 0 amide bonds. The highest BCUT2D eigenvalue weighted by Crippen LogP contribution is 2.12. The van der Waals surface area contributed by atoms with Crippen molar-refractivity contribution in [3.05, 3.63) is 0 Å². The predicted octanol–water partition coefficient (Wildman–Crippen LogP) is 0.0989. The Labute approximate surface area is 98.5 Å². The minimum Gasteiger partial charge on any atom is -0.480 e. The fraction of sp³-hybridized carbons (Fsp3) is 0.778. The Morgan fingerprint density at radius 2 is 2.44 bits per heavy atom. The number of aliphatic carboxylic acids is 1. The molecular formula is C9H18FN3O2S. The van der Waals surface area contributed by atoms with Gasteiger partial charge in [-0.1, -0.05) is 0 Å². The van der Waals surface area contributed by atoms with Crippen molar-refractivity contribution >= 4 is 23.9 Å². The van der Waals surface area contributed by atoms with Gasteiger partial charge in [-0.25, -0.2) is 4.39 Å². The quantitative estimate of drug-likeness (QED) is 0.436. The topological polar surface area (TPSA) is 99.2 Å². The van der Waals surface area contributed by atoms with E-state index >= 15 is 0 Å². The summed E-state index contributed by atoms with van der Waals surface area (Å²) in [7, 11) is 0. The van der Waals surface area contributed by atoms with Crippen LogP contribution in [0.4, 0.5) is 4.39 Å². The number of hydrogen-bond donors (Lipinski definition) is 4. The van der Waals surface area contributed by atoms with E-state index in [0.29, 0.717) is 12.3 Å². The molecule has 0 aromatic carbocycles. The third-order valence-electron chi connectivity index (χ3n) is 1.90. The van der Waals surface area contributed by atoms with Crippen LogP contribution in [-0.4, -0.2) is 53.6 Å². The molecule has 0 aliphatic heterocycles. The van der Waals surface area contributed by atoms with Crippen molar-refractivity contribution in [2.45, 2.75) is 18.5 Å². The molecule has 0 radical (unpaired) electrons. The molecule has 0 saturated heterocycles. The lowest BCUT2D eigenvalue weighted by Crippen LogP contribution is -2.47. The number of carboxylic acids is 1. The average Bonchev–Trinajstić information content (AvgIpc) is 2.22. The summed E-state index contributed by atoms with van der Waals surface area (Å²) in [6.07, 6.45) is 1.15. The number of rotatable bonds is 9. The number of carboxylic acid groups (broad SMARTS) is 1. The van der Waals surface area contributed by atoms with Gasteiger partial charge in [0, 0.05) is 30.3 Å². The summed E-state index contributed by atoms with van der Waals surface area (Å²) in [5.74, 6) is -0.403. The number of alkyl halides is 1. The molecule has 0 rings (SSSR count). The fourth-order valence-electron chi connectivity index (χ4n) is 0.859. The van der Waals surface area contributed by atoms with Gasteiger partial charge >= 0.3 is 5.97 Å². The van der Waals surface area contributed by atoms with Gasteiger partial charge in [-0.15, -0.1) is 0 Å². The molecule has 5 N–H and O–H groups in total. The van der Waals surface area contributed by atoms with Crippen molar-refractivity contribution in [3.8, 4) is 0 Å². The van der Waals surface area contributed by atoms with Gasteiger partial charge in [-0.05, 0) is 6.92 Å². The number of hydrogen-bond acceptors (Lipinski definition) is 5. The van der Waals surface area contributed by atoms with Crippen LogP contribution in [0, 0.1) is 5.41 Å². The van der Waals surface area contributed by atoms with E-state index in [-0.39, 0.29) is 11.8 Å². The zero-order valence-electron chi connectivity index (χ0n) is 9.20. The number of thioether (sulfide) groups is 1. The second kappa shape index (κ2) is 7.59. The molecule has 1 unspecified atom stereocenters. The molecular weight excluding hydrogens is 233 g/mol. The van der Waals surface area contributed by atoms with Gasteiger partial charge in [0.15, 0.2) is 0 Å². The van der Waals surface area contributed by atoms with E-state index in [1.54, 1.807) is 0 Å². The Kier molecular flexibility index (Phi) is 7.27. The van der Waals surface area contributed by atoms with Crippen LogP contribution in [0.5, 0.6) is 0 Å². The molecule has 0 aliphatic carbocycles. The molecule has 0 bridgehead atoms. The maximum Gasteiger partial charge on any atom is 0.324 e. The van der Waals surface area contributed by atoms with Crippen molar-refractivity contribution in [3.63, 3.8) is 0 Å². The minimum absolute atomic E-state index is 0.227. The van der Waals surface area contributed by atoms with E-state index in [4.69, 9.17) is 16.2 Å². The van der Waals surface area contributed by atoms with Crippen LogP contribution in [0.3, 0.4) is 0 Å². The molecule has 7 heteroatoms. The van der Waals surface area contributed by atoms with Crippen molar-refractivity contribution in [1.82, 2.24) is 5.32 Å². The van der Waals surface area contributed by atoms with E-state index in [9.17, 15) is 9.18 Å². The van der Waals surface area contributed by atoms with Crippen molar-refractivity contribution in [2.75, 3.05) is 24.7 Å². The molecule has 2 atom stereocenters. The van der Waals surface area contributed by atoms with E-state index in [1.165, 1.54) is 18.7 Å². The van der Waals surface area contributed by atoms with Crippen LogP contribution in [0.25, 0.3) is 0 Å². The van der Waals surface area contributed by atoms with Gasteiger partial charge < -0.3 is 21.6 Å². The van der Waals surface area contributed by atoms with E-state index in [2.05, 4.69) is 5.32 Å². The summed E-state index contributed by atoms with van der Waals surface area (Å²) in [5.41, 5.74) is 4.23. The lowest BCUT2D eigenvalue weighted by Gasteiger charge is -2.20. The lowest BCUT2D eigenvalue weighted by molar-refractivity contribution is -0.141. The highest BCUT2D eigenvalue weighted by Gasteiger charge is 2.27. The van der Waals surface area contributed by atoms with E-state index in [0.717, 1.165) is 6.21 Å². The molecule has 0 aromatic rings. The maximum absolute atomic E-state index is 12.5. The molecule has 16 heavy (non-hydrogen) atoms. The van der Waals surface area contributed by atoms with Crippen molar-refractivity contribution < 1.29 is 14.3 Å². The molecule has 0 aliphatic rings. The Bertz CT molecular complexity index is 239. The van der Waals surface area contributed by atoms with Crippen LogP contribution in [-0.2, 0) is 4.79 Å². The van der Waals surface area contributed by atoms with Crippen LogP contribution in [0.2, 0.25) is 0 Å². The largest absolute Gasteiger partial charge is 0.480 e. The first-order valence-corrected chi connectivity index (χ1v) is 5.97. The summed E-state index contributed by atoms with van der Waals surface area (Å²) in [4.78, 5) is 10.7. The number of nitrogens with one attached hydrogen (secondary N) is 2. The zero-order valence-corrected chi connectivity index (χ0v) is 10.0. The third kappa shape index (κ3) is 6.04. The monoisotopic (exact) mass is 251 g/mol. The van der Waals surface area contributed by atoms with Gasteiger partial charge in [-0.3, -0.25) is 4.79 Å². The Hall–Kier alpha value is -0.660. The number of nitrogens with two attached hydrogens (primary N) is 1. The number of halogens is 1. The first-order valence-electron chi connectivity index (χ1n) is 4.82. The van der Waals surface area contributed by atoms with Crippen molar-refractivity contribution in [1.29, 1.82) is 5.41 Å². The summed E-state index contributed by atoms with van der Waals surface area (Å²) in [6, 6.07) is -0.365. The standard InChI is InChI=1S/C9H18FN3O2S/c1-9(12,8(14)15)6-16-5-7(4-10)13-3-2-11/h2,7,11,13H,3-6,12H2,1H3,(H,14,15)/t7?,9-/m0/s1. The Morgan fingerprint density at radius 3 is 2.88 bits per heavy atom. The molecule has 0 saturated carbocycles. The van der Waals surface area contributed by atoms with Gasteiger partial charge in [0.25, 0.3) is 0 Å². The zero-order chi connectivity index (χ0) is 12.6. The normalized spacial score (nSPS) is 16.4. The second-order valence-corrected chi connectivity index (χ2v) is 4.73. The van der Waals surface area contributed by atoms with Crippen LogP contribution in [0.15, 0.2) is 0 Å². The highest BCUT2D eigenvalue weighted by molar-refractivity contribution is 7.99. The molecule has 94 valence electrons. The SMILES string of the molecule is C[C@](N)(CSCC(CF)NCC=N)C(=O)O. The first-order chi connectivity index (χ1) is 7.44. The first kappa shape index (κ1) is 15.3. The molecule has 0 spiro atoms. The summed E-state index contributed by atoms with van der Waals surface area (Å²) in [6.45, 7) is 1.20. The van der Waals surface area contributed by atoms with E-state index in [1.807, 2.05) is 0 Å². The van der Waals surface area contributed by atoms with Gasteiger partial charge in [0.1, 0.15) is 12.2 Å². The van der Waals surface area contributed by atoms with Gasteiger partial charge in [0.2, 0.25) is 0 Å². The van der Waals surface area contributed by atoms with Crippen molar-refractivity contribution in [2.24, 2.45) is 5.73 Å². The summed E-state index contributed by atoms with van der Waals surface area (Å²) in [5, 5.41) is 18.3. The highest BCUT2D eigenvalue weighted by atomic mass is 32.2. The Morgan fingerprint density at radius 1 is 1.81 bits per heavy atom. The minimum atomic E-state index is -1.28. The second-order valence-electron chi connectivity index (χ2n) is 3.70. The van der Waals surface area contributed by atoms with Crippen LogP contribution in [0.1, 0.15) is 6.92 Å². The fourth-order valence-corrected chi connectivity index (χ4v) is 2.02. The van der Waals surface area contributed by atoms with Crippen LogP contribution < -0.4 is 11.1 Å². The van der Waals surface area contributed by atoms with E-state index < -0.39 is 18.2 Å². The number of carbonyl (C=O) groups is 1. The average molecular weight is 251 g/mol. The molecule has 0 aromatic heterocycles. The van der Waals surface area contributed by atoms with Gasteiger partial charge in [-0.2, -0.15) is 11.8 Å². The molecule has 0 heterocycles. The van der Waals surface area contributed by atoms with Gasteiger partial charge in [0.05, 0.1) is 0 Å². The summed E-state index contributed by atoms with van der Waals surface area (Å²) >= 11 is 1.29. The maximum atomic E-state index is 12.5. The summed E-state index contributed by atoms with van der Waals surface area (Å²) < 4.78 is 12.5. The molecule has 0 fully saturated rings.